The van der Waals surface area contributed by atoms with Crippen LogP contribution in [0.1, 0.15) is 20.8 Å². The van der Waals surface area contributed by atoms with Crippen LogP contribution in [-0.4, -0.2) is 41.3 Å². The number of ether oxygens (including phenoxy) is 1. The van der Waals surface area contributed by atoms with Gasteiger partial charge < -0.3 is 14.2 Å². The lowest BCUT2D eigenvalue weighted by Crippen LogP contribution is -2.32. The van der Waals surface area contributed by atoms with Crippen molar-refractivity contribution in [2.75, 3.05) is 26.0 Å². The molecule has 0 saturated carbocycles. The second kappa shape index (κ2) is 8.23. The summed E-state index contributed by atoms with van der Waals surface area (Å²) in [4.78, 5) is 16.4. The summed E-state index contributed by atoms with van der Waals surface area (Å²) < 4.78 is 7.82. The Bertz CT molecular complexity index is 904. The third kappa shape index (κ3) is 3.92. The van der Waals surface area contributed by atoms with Crippen LogP contribution in [0.4, 0.5) is 0 Å². The molecular weight excluding hydrogens is 376 g/mol. The first-order valence-corrected chi connectivity index (χ1v) is 11.0. The maximum Gasteiger partial charge on any atom is 0.257 e. The summed E-state index contributed by atoms with van der Waals surface area (Å²) >= 11 is 3.69. The summed E-state index contributed by atoms with van der Waals surface area (Å²) in [5.41, 5.74) is 2.11. The first-order valence-electron chi connectivity index (χ1n) is 9.03. The van der Waals surface area contributed by atoms with Crippen LogP contribution in [0.5, 0.6) is 5.75 Å². The number of thiophene rings is 1. The fraction of sp³-hybridized carbons (Fsp3) is 0.286. The van der Waals surface area contributed by atoms with E-state index < -0.39 is 0 Å². The van der Waals surface area contributed by atoms with Gasteiger partial charge in [0.1, 0.15) is 17.4 Å². The number of thioether (sulfide) groups is 1. The minimum atomic E-state index is 0.0831. The molecule has 0 N–H and O–H groups in total. The van der Waals surface area contributed by atoms with Crippen molar-refractivity contribution >= 4 is 29.0 Å². The molecule has 1 aliphatic rings. The maximum atomic E-state index is 13.3. The van der Waals surface area contributed by atoms with Gasteiger partial charge in [0.2, 0.25) is 0 Å². The molecule has 0 aliphatic carbocycles. The second-order valence-electron chi connectivity index (χ2n) is 6.47. The molecule has 1 amide bonds. The lowest BCUT2D eigenvalue weighted by Gasteiger charge is -2.20. The number of rotatable bonds is 6. The van der Waals surface area contributed by atoms with Crippen molar-refractivity contribution in [1.29, 1.82) is 0 Å². The molecule has 140 valence electrons. The van der Waals surface area contributed by atoms with Gasteiger partial charge in [-0.05, 0) is 42.0 Å². The van der Waals surface area contributed by atoms with Crippen LogP contribution in [0, 0.1) is 0 Å². The average Bonchev–Trinajstić information content (AvgIpc) is 3.35. The molecule has 3 aromatic rings. The highest BCUT2D eigenvalue weighted by molar-refractivity contribution is 7.98. The highest BCUT2D eigenvalue weighted by Crippen LogP contribution is 2.38. The fourth-order valence-corrected chi connectivity index (χ4v) is 5.64. The Balaban J connectivity index is 1.53. The van der Waals surface area contributed by atoms with Crippen molar-refractivity contribution in [3.05, 3.63) is 70.9 Å². The number of aromatic nitrogens is 1. The number of hydrogen-bond acceptors (Lipinski definition) is 4. The lowest BCUT2D eigenvalue weighted by atomic mass is 10.1. The van der Waals surface area contributed by atoms with E-state index in [0.717, 1.165) is 34.2 Å². The van der Waals surface area contributed by atoms with Gasteiger partial charge >= 0.3 is 0 Å². The number of fused-ring (bicyclic) bond motifs is 1. The zero-order valence-electron chi connectivity index (χ0n) is 15.3. The number of nitrogens with zero attached hydrogens (tertiary/aromatic N) is 2. The molecule has 0 fully saturated rings. The minimum Gasteiger partial charge on any atom is -0.492 e. The molecule has 0 saturated heterocycles. The van der Waals surface area contributed by atoms with Crippen molar-refractivity contribution in [2.24, 2.45) is 0 Å². The van der Waals surface area contributed by atoms with E-state index >= 15 is 0 Å². The Labute approximate surface area is 167 Å². The number of benzene rings is 1. The van der Waals surface area contributed by atoms with Crippen molar-refractivity contribution < 1.29 is 9.53 Å². The Morgan fingerprint density at radius 1 is 1.19 bits per heavy atom. The Morgan fingerprint density at radius 3 is 2.74 bits per heavy atom. The van der Waals surface area contributed by atoms with Gasteiger partial charge in [0.25, 0.3) is 5.91 Å². The SMILES string of the molecule is CN(CCOc1ccccc1)C(=O)c1c(-n2cccc2)sc2c1CCSC2. The molecule has 2 aromatic heterocycles. The molecule has 3 heterocycles. The van der Waals surface area contributed by atoms with E-state index in [1.165, 1.54) is 10.4 Å². The third-order valence-electron chi connectivity index (χ3n) is 4.64. The zero-order chi connectivity index (χ0) is 18.6. The van der Waals surface area contributed by atoms with Crippen LogP contribution >= 0.6 is 23.1 Å². The van der Waals surface area contributed by atoms with Gasteiger partial charge in [-0.15, -0.1) is 11.3 Å². The van der Waals surface area contributed by atoms with E-state index in [4.69, 9.17) is 4.74 Å². The van der Waals surface area contributed by atoms with Crippen LogP contribution < -0.4 is 4.74 Å². The quantitative estimate of drug-likeness (QED) is 0.614. The molecule has 1 aromatic carbocycles. The van der Waals surface area contributed by atoms with E-state index in [-0.39, 0.29) is 5.91 Å². The monoisotopic (exact) mass is 398 g/mol. The Hall–Kier alpha value is -2.18. The van der Waals surface area contributed by atoms with Gasteiger partial charge in [-0.25, -0.2) is 0 Å². The summed E-state index contributed by atoms with van der Waals surface area (Å²) in [7, 11) is 1.86. The summed E-state index contributed by atoms with van der Waals surface area (Å²) in [5.74, 6) is 2.99. The number of carbonyl (C=O) groups excluding carboxylic acids is 1. The molecule has 4 rings (SSSR count). The highest BCUT2D eigenvalue weighted by Gasteiger charge is 2.28. The minimum absolute atomic E-state index is 0.0831. The second-order valence-corrected chi connectivity index (χ2v) is 8.65. The molecule has 1 aliphatic heterocycles. The predicted octanol–water partition coefficient (Wildman–Crippen LogP) is 4.48. The van der Waals surface area contributed by atoms with E-state index in [1.807, 2.05) is 73.7 Å². The number of para-hydroxylation sites is 1. The molecule has 0 unspecified atom stereocenters. The van der Waals surface area contributed by atoms with E-state index in [9.17, 15) is 4.79 Å². The van der Waals surface area contributed by atoms with Gasteiger partial charge in [0.05, 0.1) is 12.1 Å². The van der Waals surface area contributed by atoms with Gasteiger partial charge in [-0.2, -0.15) is 11.8 Å². The largest absolute Gasteiger partial charge is 0.492 e. The Kier molecular flexibility index (Phi) is 5.55. The predicted molar refractivity (Wildman–Crippen MR) is 112 cm³/mol. The average molecular weight is 399 g/mol. The molecule has 0 atom stereocenters. The van der Waals surface area contributed by atoms with Crippen molar-refractivity contribution in [1.82, 2.24) is 9.47 Å². The fourth-order valence-electron chi connectivity index (χ4n) is 3.20. The summed E-state index contributed by atoms with van der Waals surface area (Å²) in [6, 6.07) is 13.7. The van der Waals surface area contributed by atoms with Gasteiger partial charge in [0.15, 0.2) is 0 Å². The lowest BCUT2D eigenvalue weighted by molar-refractivity contribution is 0.0773. The molecule has 0 spiro atoms. The van der Waals surface area contributed by atoms with Crippen LogP contribution in [-0.2, 0) is 12.2 Å². The number of carbonyl (C=O) groups is 1. The van der Waals surface area contributed by atoms with E-state index in [1.54, 1.807) is 16.2 Å². The van der Waals surface area contributed by atoms with Crippen LogP contribution in [0.15, 0.2) is 54.9 Å². The van der Waals surface area contributed by atoms with Crippen molar-refractivity contribution in [3.8, 4) is 10.8 Å². The number of hydrogen-bond donors (Lipinski definition) is 0. The third-order valence-corrected chi connectivity index (χ3v) is 7.05. The number of likely N-dealkylation sites (N-methyl/N-ethyl adjacent to an activating group) is 1. The molecule has 0 radical (unpaired) electrons. The zero-order valence-corrected chi connectivity index (χ0v) is 16.9. The maximum absolute atomic E-state index is 13.3. The van der Waals surface area contributed by atoms with Gasteiger partial charge in [-0.3, -0.25) is 4.79 Å². The van der Waals surface area contributed by atoms with Crippen LogP contribution in [0.25, 0.3) is 5.00 Å². The molecule has 27 heavy (non-hydrogen) atoms. The first kappa shape index (κ1) is 18.2. The van der Waals surface area contributed by atoms with Crippen LogP contribution in [0.3, 0.4) is 0 Å². The van der Waals surface area contributed by atoms with Gasteiger partial charge in [0, 0.05) is 30.1 Å². The Morgan fingerprint density at radius 2 is 1.96 bits per heavy atom. The highest BCUT2D eigenvalue weighted by atomic mass is 32.2. The summed E-state index contributed by atoms with van der Waals surface area (Å²) in [6.07, 6.45) is 4.99. The van der Waals surface area contributed by atoms with E-state index in [2.05, 4.69) is 4.57 Å². The normalized spacial score (nSPS) is 13.2. The first-order chi connectivity index (χ1) is 13.2. The van der Waals surface area contributed by atoms with E-state index in [0.29, 0.717) is 13.2 Å². The summed E-state index contributed by atoms with van der Waals surface area (Å²) in [5, 5.41) is 1.04. The van der Waals surface area contributed by atoms with Gasteiger partial charge in [-0.1, -0.05) is 18.2 Å². The van der Waals surface area contributed by atoms with Crippen LogP contribution in [0.2, 0.25) is 0 Å². The molecular formula is C21H22N2O2S2. The molecule has 6 heteroatoms. The molecule has 4 nitrogen and oxygen atoms in total. The van der Waals surface area contributed by atoms with Crippen molar-refractivity contribution in [3.63, 3.8) is 0 Å². The molecule has 0 bridgehead atoms. The van der Waals surface area contributed by atoms with Crippen molar-refractivity contribution in [2.45, 2.75) is 12.2 Å². The number of amides is 1. The smallest absolute Gasteiger partial charge is 0.257 e. The summed E-state index contributed by atoms with van der Waals surface area (Å²) in [6.45, 7) is 1.03. The standard InChI is InChI=1S/C21H22N2O2S2/c1-22(12-13-25-16-7-3-2-4-8-16)20(24)19-17-9-14-26-15-18(17)27-21(19)23-10-5-6-11-23/h2-8,10-11H,9,12-15H2,1H3. The topological polar surface area (TPSA) is 34.5 Å².